The van der Waals surface area contributed by atoms with Gasteiger partial charge in [0.1, 0.15) is 36.3 Å². The number of amides is 10. The van der Waals surface area contributed by atoms with Gasteiger partial charge < -0.3 is 73.8 Å². The Morgan fingerprint density at radius 2 is 1.19 bits per heavy atom. The first kappa shape index (κ1) is 56.7. The normalized spacial score (nSPS) is 18.9. The molecule has 0 aromatic rings. The lowest BCUT2D eigenvalue weighted by atomic mass is 10.0. The average molecular weight is 954 g/mol. The highest BCUT2D eigenvalue weighted by Gasteiger charge is 2.37. The minimum absolute atomic E-state index is 0.0766. The van der Waals surface area contributed by atoms with Crippen molar-refractivity contribution < 1.29 is 72.9 Å². The lowest BCUT2D eigenvalue weighted by Gasteiger charge is -2.26. The first-order valence-corrected chi connectivity index (χ1v) is 22.1. The van der Waals surface area contributed by atoms with E-state index in [0.717, 1.165) is 0 Å². The quantitative estimate of drug-likeness (QED) is 0.0349. The van der Waals surface area contributed by atoms with Gasteiger partial charge >= 0.3 is 11.9 Å². The summed E-state index contributed by atoms with van der Waals surface area (Å²) in [5.74, 6) is -10.6. The van der Waals surface area contributed by atoms with Gasteiger partial charge in [-0.05, 0) is 63.7 Å². The monoisotopic (exact) mass is 953 g/mol. The molecule has 0 aromatic heterocycles. The van der Waals surface area contributed by atoms with E-state index in [2.05, 4.69) is 47.9 Å². The first-order valence-electron chi connectivity index (χ1n) is 22.1. The molecule has 14 N–H and O–H groups in total. The predicted octanol–water partition coefficient (Wildman–Crippen LogP) is -5.20. The van der Waals surface area contributed by atoms with Gasteiger partial charge in [0.05, 0.1) is 31.8 Å². The van der Waals surface area contributed by atoms with Crippen molar-refractivity contribution in [3.05, 3.63) is 0 Å². The Morgan fingerprint density at radius 1 is 0.642 bits per heavy atom. The average Bonchev–Trinajstić information content (AvgIpc) is 3.92. The highest BCUT2D eigenvalue weighted by atomic mass is 16.4. The van der Waals surface area contributed by atoms with Gasteiger partial charge in [-0.25, -0.2) is 4.79 Å². The maximum atomic E-state index is 13.4. The van der Waals surface area contributed by atoms with Gasteiger partial charge in [-0.15, -0.1) is 0 Å². The van der Waals surface area contributed by atoms with Gasteiger partial charge in [0.2, 0.25) is 59.1 Å². The van der Waals surface area contributed by atoms with Crippen molar-refractivity contribution in [1.82, 2.24) is 52.8 Å². The van der Waals surface area contributed by atoms with Crippen LogP contribution in [0.3, 0.4) is 0 Å². The van der Waals surface area contributed by atoms with E-state index in [0.29, 0.717) is 6.42 Å². The predicted molar refractivity (Wildman–Crippen MR) is 233 cm³/mol. The molecule has 26 nitrogen and oxygen atoms in total. The summed E-state index contributed by atoms with van der Waals surface area (Å²) in [5, 5.41) is 50.2. The molecule has 0 aliphatic carbocycles. The number of hydrogen-bond donors (Lipinski definition) is 13. The molecule has 8 atom stereocenters. The summed E-state index contributed by atoms with van der Waals surface area (Å²) >= 11 is 0. The third-order valence-electron chi connectivity index (χ3n) is 10.6. The molecule has 2 fully saturated rings. The molecule has 26 heteroatoms. The second-order valence-corrected chi connectivity index (χ2v) is 17.4. The number of aliphatic hydroxyl groups is 1. The number of primary amides is 1. The van der Waals surface area contributed by atoms with Crippen molar-refractivity contribution in [2.45, 2.75) is 141 Å². The Hall–Kier alpha value is -6.44. The summed E-state index contributed by atoms with van der Waals surface area (Å²) in [5.41, 5.74) is 5.27. The van der Waals surface area contributed by atoms with Gasteiger partial charge in [0.25, 0.3) is 0 Å². The van der Waals surface area contributed by atoms with Crippen LogP contribution in [0.5, 0.6) is 0 Å². The zero-order chi connectivity index (χ0) is 50.5. The highest BCUT2D eigenvalue weighted by Crippen LogP contribution is 2.18. The van der Waals surface area contributed by atoms with Gasteiger partial charge in [-0.3, -0.25) is 52.7 Å². The summed E-state index contributed by atoms with van der Waals surface area (Å²) in [6.07, 6.45) is -1.24. The van der Waals surface area contributed by atoms with Crippen molar-refractivity contribution in [3.63, 3.8) is 0 Å². The Labute approximate surface area is 387 Å². The van der Waals surface area contributed by atoms with Crippen molar-refractivity contribution in [2.75, 3.05) is 32.7 Å². The molecular weight excluding hydrogens is 887 g/mol. The molecule has 10 amide bonds. The molecule has 0 spiro atoms. The minimum atomic E-state index is -1.49. The fourth-order valence-corrected chi connectivity index (χ4v) is 7.15. The van der Waals surface area contributed by atoms with E-state index < -0.39 is 145 Å². The first-order chi connectivity index (χ1) is 31.4. The lowest BCUT2D eigenvalue weighted by molar-refractivity contribution is -0.145. The molecule has 0 bridgehead atoms. The number of nitrogens with one attached hydrogen (secondary N) is 9. The largest absolute Gasteiger partial charge is 0.481 e. The van der Waals surface area contributed by atoms with E-state index in [-0.39, 0.29) is 69.9 Å². The van der Waals surface area contributed by atoms with Crippen LogP contribution in [0.15, 0.2) is 0 Å². The molecule has 0 saturated carbocycles. The maximum absolute atomic E-state index is 13.4. The standard InChI is InChI=1S/C41H67N11O15/c1-20(2)13-27(51-38(63)24(8-10-30(42)54)48-31(55)17-44-36(61)26-15-23(53)16-43-26)37(62)45-18-32(56)49-28(14-21(3)4)39(64)47-22(5)35(60)46-19-33(57)52-12-6-7-29(52)40(65)50-25(41(66)67)9-11-34(58)59/h20-29,43,53H,6-19H2,1-5H3,(H2,42,54)(H,44,61)(H,45,62)(H,46,60)(H,47,64)(H,48,55)(H,49,56)(H,50,65)(H,51,63)(H,58,59)(H,66,67)/t22-,23+,24-,25-,26-,27-,28-,29?/m0/s1. The van der Waals surface area contributed by atoms with Crippen LogP contribution < -0.4 is 53.6 Å². The zero-order valence-corrected chi connectivity index (χ0v) is 38.4. The molecule has 1 unspecified atom stereocenters. The molecular formula is C41H67N11O15. The van der Waals surface area contributed by atoms with Crippen molar-refractivity contribution in [1.29, 1.82) is 0 Å². The number of β-amino-alcohol motifs (C(OH)–C–C–N with tert-alkyl or cyclic N) is 1. The Bertz CT molecular complexity index is 1830. The lowest BCUT2D eigenvalue weighted by Crippen LogP contribution is -2.57. The SMILES string of the molecule is CC(C)C[C@H](NC(=O)CNC(=O)[C@H](CC(C)C)NC(=O)[C@H](CCC(N)=O)NC(=O)CNC(=O)[C@@H]1C[C@@H](O)CN1)C(=O)N[C@@H](C)C(=O)NCC(=O)N1CCCC1C(=O)N[C@@H](CCC(=O)O)C(=O)O. The summed E-state index contributed by atoms with van der Waals surface area (Å²) in [4.78, 5) is 152. The number of carbonyl (C=O) groups is 12. The number of likely N-dealkylation sites (tertiary alicyclic amines) is 1. The van der Waals surface area contributed by atoms with E-state index in [1.807, 2.05) is 0 Å². The number of aliphatic carboxylic acids is 2. The number of nitrogens with zero attached hydrogens (tertiary/aromatic N) is 1. The van der Waals surface area contributed by atoms with Crippen molar-refractivity contribution in [3.8, 4) is 0 Å². The second-order valence-electron chi connectivity index (χ2n) is 17.4. The van der Waals surface area contributed by atoms with Crippen LogP contribution in [-0.4, -0.2) is 172 Å². The fourth-order valence-electron chi connectivity index (χ4n) is 7.15. The highest BCUT2D eigenvalue weighted by molar-refractivity contribution is 5.97. The Kier molecular flexibility index (Phi) is 23.6. The summed E-state index contributed by atoms with van der Waals surface area (Å²) < 4.78 is 0. The molecule has 2 heterocycles. The van der Waals surface area contributed by atoms with Crippen LogP contribution in [-0.2, 0) is 57.5 Å². The topological polar surface area (TPSA) is 403 Å². The molecule has 376 valence electrons. The number of carbonyl (C=O) groups excluding carboxylic acids is 10. The van der Waals surface area contributed by atoms with E-state index in [1.54, 1.807) is 27.7 Å². The van der Waals surface area contributed by atoms with Crippen LogP contribution in [0.4, 0.5) is 0 Å². The molecule has 2 rings (SSSR count). The Morgan fingerprint density at radius 3 is 1.75 bits per heavy atom. The molecule has 0 radical (unpaired) electrons. The third-order valence-corrected chi connectivity index (χ3v) is 10.6. The summed E-state index contributed by atoms with van der Waals surface area (Å²) in [6, 6.07) is -8.28. The van der Waals surface area contributed by atoms with Crippen molar-refractivity contribution >= 4 is 71.0 Å². The van der Waals surface area contributed by atoms with Crippen LogP contribution >= 0.6 is 0 Å². The number of carboxylic acids is 2. The van der Waals surface area contributed by atoms with Crippen LogP contribution in [0.25, 0.3) is 0 Å². The smallest absolute Gasteiger partial charge is 0.326 e. The Balaban J connectivity index is 1.98. The zero-order valence-electron chi connectivity index (χ0n) is 38.4. The maximum Gasteiger partial charge on any atom is 0.326 e. The van der Waals surface area contributed by atoms with Crippen LogP contribution in [0, 0.1) is 11.8 Å². The van der Waals surface area contributed by atoms with Crippen LogP contribution in [0.2, 0.25) is 0 Å². The molecule has 2 aliphatic rings. The fraction of sp³-hybridized carbons (Fsp3) is 0.707. The summed E-state index contributed by atoms with van der Waals surface area (Å²) in [7, 11) is 0. The van der Waals surface area contributed by atoms with E-state index in [9.17, 15) is 67.7 Å². The number of hydrogen-bond acceptors (Lipinski definition) is 14. The second kappa shape index (κ2) is 27.9. The number of aliphatic hydroxyl groups excluding tert-OH is 1. The van der Waals surface area contributed by atoms with Gasteiger partial charge in [0.15, 0.2) is 0 Å². The van der Waals surface area contributed by atoms with E-state index >= 15 is 0 Å². The molecule has 2 saturated heterocycles. The minimum Gasteiger partial charge on any atom is -0.481 e. The van der Waals surface area contributed by atoms with Gasteiger partial charge in [-0.2, -0.15) is 0 Å². The van der Waals surface area contributed by atoms with Gasteiger partial charge in [-0.1, -0.05) is 27.7 Å². The van der Waals surface area contributed by atoms with Crippen LogP contribution in [0.1, 0.15) is 92.4 Å². The van der Waals surface area contributed by atoms with E-state index in [1.165, 1.54) is 11.8 Å². The summed E-state index contributed by atoms with van der Waals surface area (Å²) in [6.45, 7) is 6.97. The van der Waals surface area contributed by atoms with Gasteiger partial charge in [0, 0.05) is 25.9 Å². The molecule has 0 aromatic carbocycles. The molecule has 2 aliphatic heterocycles. The number of nitrogens with two attached hydrogens (primary N) is 1. The molecule has 67 heavy (non-hydrogen) atoms. The number of carboxylic acid groups (broad SMARTS) is 2. The third kappa shape index (κ3) is 20.7. The number of rotatable bonds is 28. The van der Waals surface area contributed by atoms with E-state index in [4.69, 9.17) is 10.8 Å². The van der Waals surface area contributed by atoms with Crippen molar-refractivity contribution in [2.24, 2.45) is 17.6 Å².